The Balaban J connectivity index is 2.38. The molecule has 6 nitrogen and oxygen atoms in total. The van der Waals surface area contributed by atoms with Crippen LogP contribution in [0.5, 0.6) is 0 Å². The summed E-state index contributed by atoms with van der Waals surface area (Å²) in [6.07, 6.45) is 1.39. The number of nitrogen functional groups attached to an aromatic ring is 1. The highest BCUT2D eigenvalue weighted by molar-refractivity contribution is 9.10. The van der Waals surface area contributed by atoms with Crippen molar-refractivity contribution in [3.05, 3.63) is 46.6 Å². The zero-order chi connectivity index (χ0) is 14.8. The van der Waals surface area contributed by atoms with Crippen molar-refractivity contribution in [2.75, 3.05) is 10.1 Å². The van der Waals surface area contributed by atoms with Gasteiger partial charge in [0.25, 0.3) is 10.0 Å². The number of hydrogen-bond acceptors (Lipinski definition) is 5. The predicted molar refractivity (Wildman–Crippen MR) is 81.7 cm³/mol. The van der Waals surface area contributed by atoms with E-state index in [1.54, 1.807) is 24.3 Å². The molecule has 0 aliphatic carbocycles. The number of hydrazine groups is 1. The van der Waals surface area contributed by atoms with Crippen LogP contribution >= 0.6 is 15.9 Å². The van der Waals surface area contributed by atoms with Crippen LogP contribution in [0.1, 0.15) is 5.56 Å². The summed E-state index contributed by atoms with van der Waals surface area (Å²) < 4.78 is 28.0. The Bertz CT molecular complexity index is 734. The average Bonchev–Trinajstić information content (AvgIpc) is 2.42. The van der Waals surface area contributed by atoms with Crippen LogP contribution in [-0.4, -0.2) is 13.4 Å². The highest BCUT2D eigenvalue weighted by atomic mass is 79.9. The van der Waals surface area contributed by atoms with E-state index < -0.39 is 10.0 Å². The van der Waals surface area contributed by atoms with E-state index in [0.29, 0.717) is 5.69 Å². The summed E-state index contributed by atoms with van der Waals surface area (Å²) in [6.45, 7) is 1.87. The van der Waals surface area contributed by atoms with Crippen LogP contribution in [0.15, 0.2) is 46.0 Å². The maximum absolute atomic E-state index is 12.3. The molecule has 0 atom stereocenters. The van der Waals surface area contributed by atoms with Gasteiger partial charge in [-0.25, -0.2) is 4.98 Å². The molecule has 0 saturated carbocycles. The quantitative estimate of drug-likeness (QED) is 0.576. The summed E-state index contributed by atoms with van der Waals surface area (Å²) in [6, 6.07) is 8.29. The van der Waals surface area contributed by atoms with Crippen molar-refractivity contribution in [3.8, 4) is 0 Å². The fraction of sp³-hybridized carbons (Fsp3) is 0.0833. The monoisotopic (exact) mass is 356 g/mol. The maximum Gasteiger partial charge on any atom is 0.281 e. The second-order valence-electron chi connectivity index (χ2n) is 4.07. The van der Waals surface area contributed by atoms with Crippen molar-refractivity contribution in [3.63, 3.8) is 0 Å². The van der Waals surface area contributed by atoms with E-state index in [2.05, 4.69) is 31.1 Å². The number of pyridine rings is 1. The number of aromatic nitrogens is 1. The van der Waals surface area contributed by atoms with Crippen LogP contribution in [-0.2, 0) is 10.0 Å². The highest BCUT2D eigenvalue weighted by Crippen LogP contribution is 2.24. The summed E-state index contributed by atoms with van der Waals surface area (Å²) in [7, 11) is -3.80. The summed E-state index contributed by atoms with van der Waals surface area (Å²) in [5, 5.41) is -0.150. The van der Waals surface area contributed by atoms with Gasteiger partial charge in [0.05, 0.1) is 5.69 Å². The Morgan fingerprint density at radius 3 is 2.70 bits per heavy atom. The molecule has 0 bridgehead atoms. The van der Waals surface area contributed by atoms with Crippen LogP contribution < -0.4 is 16.0 Å². The Kier molecular flexibility index (Phi) is 4.26. The minimum absolute atomic E-state index is 0.150. The van der Waals surface area contributed by atoms with Gasteiger partial charge < -0.3 is 5.43 Å². The molecular formula is C12H13BrN4O2S. The van der Waals surface area contributed by atoms with Gasteiger partial charge in [0.1, 0.15) is 0 Å². The summed E-state index contributed by atoms with van der Waals surface area (Å²) in [5.41, 5.74) is 3.93. The molecule has 0 amide bonds. The van der Waals surface area contributed by atoms with Crippen LogP contribution in [0.4, 0.5) is 11.4 Å². The summed E-state index contributed by atoms with van der Waals surface area (Å²) in [5.74, 6) is 5.30. The molecule has 0 unspecified atom stereocenters. The third kappa shape index (κ3) is 3.09. The van der Waals surface area contributed by atoms with Crippen molar-refractivity contribution in [2.24, 2.45) is 5.84 Å². The Labute approximate surface area is 125 Å². The first-order valence-electron chi connectivity index (χ1n) is 5.64. The molecule has 106 valence electrons. The van der Waals surface area contributed by atoms with Crippen LogP contribution in [0.3, 0.4) is 0 Å². The lowest BCUT2D eigenvalue weighted by Gasteiger charge is -2.11. The highest BCUT2D eigenvalue weighted by Gasteiger charge is 2.20. The first kappa shape index (κ1) is 14.8. The number of anilines is 2. The van der Waals surface area contributed by atoms with Gasteiger partial charge in [0.15, 0.2) is 0 Å². The normalized spacial score (nSPS) is 11.2. The zero-order valence-corrected chi connectivity index (χ0v) is 13.0. The Morgan fingerprint density at radius 1 is 1.30 bits per heavy atom. The second-order valence-corrected chi connectivity index (χ2v) is 6.52. The molecule has 8 heteroatoms. The number of nitrogens with one attached hydrogen (secondary N) is 2. The standard InChI is InChI=1S/C12H13BrN4O2S/c1-8-7-9(4-5-10(8)13)17-20(18,19)12-11(16-14)3-2-6-15-12/h2-7,16-17H,14H2,1H3. The Morgan fingerprint density at radius 2 is 2.05 bits per heavy atom. The second kappa shape index (κ2) is 5.78. The van der Waals surface area contributed by atoms with E-state index in [-0.39, 0.29) is 10.7 Å². The first-order valence-corrected chi connectivity index (χ1v) is 7.92. The fourth-order valence-electron chi connectivity index (χ4n) is 1.63. The molecule has 0 fully saturated rings. The molecule has 0 saturated heterocycles. The first-order chi connectivity index (χ1) is 9.44. The van der Waals surface area contributed by atoms with Gasteiger partial charge in [0.2, 0.25) is 5.03 Å². The van der Waals surface area contributed by atoms with Crippen LogP contribution in [0.25, 0.3) is 0 Å². The van der Waals surface area contributed by atoms with E-state index in [0.717, 1.165) is 10.0 Å². The molecular weight excluding hydrogens is 344 g/mol. The lowest BCUT2D eigenvalue weighted by Crippen LogP contribution is -2.19. The van der Waals surface area contributed by atoms with Crippen LogP contribution in [0.2, 0.25) is 0 Å². The molecule has 0 aliphatic rings. The van der Waals surface area contributed by atoms with Gasteiger partial charge in [0, 0.05) is 16.4 Å². The molecule has 0 spiro atoms. The number of nitrogens with zero attached hydrogens (tertiary/aromatic N) is 1. The van der Waals surface area contributed by atoms with Gasteiger partial charge in [-0.2, -0.15) is 8.42 Å². The van der Waals surface area contributed by atoms with Crippen molar-refractivity contribution < 1.29 is 8.42 Å². The van der Waals surface area contributed by atoms with Gasteiger partial charge >= 0.3 is 0 Å². The Hall–Kier alpha value is -1.64. The molecule has 4 N–H and O–H groups in total. The number of aryl methyl sites for hydroxylation is 1. The van der Waals surface area contributed by atoms with Gasteiger partial charge in [-0.1, -0.05) is 15.9 Å². The zero-order valence-electron chi connectivity index (χ0n) is 10.6. The summed E-state index contributed by atoms with van der Waals surface area (Å²) in [4.78, 5) is 3.86. The van der Waals surface area contributed by atoms with Crippen molar-refractivity contribution in [1.29, 1.82) is 0 Å². The van der Waals surface area contributed by atoms with Crippen molar-refractivity contribution in [1.82, 2.24) is 4.98 Å². The van der Waals surface area contributed by atoms with E-state index in [4.69, 9.17) is 5.84 Å². The van der Waals surface area contributed by atoms with Gasteiger partial charge in [-0.3, -0.25) is 10.6 Å². The minimum Gasteiger partial charge on any atom is -0.321 e. The van der Waals surface area contributed by atoms with E-state index in [9.17, 15) is 8.42 Å². The molecule has 0 radical (unpaired) electrons. The summed E-state index contributed by atoms with van der Waals surface area (Å²) >= 11 is 3.36. The number of hydrogen-bond donors (Lipinski definition) is 3. The number of nitrogens with two attached hydrogens (primary N) is 1. The molecule has 1 aromatic heterocycles. The SMILES string of the molecule is Cc1cc(NS(=O)(=O)c2ncccc2NN)ccc1Br. The van der Waals surface area contributed by atoms with E-state index >= 15 is 0 Å². The van der Waals surface area contributed by atoms with Gasteiger partial charge in [-0.05, 0) is 42.8 Å². The molecule has 2 aromatic rings. The number of benzene rings is 1. The average molecular weight is 357 g/mol. The minimum atomic E-state index is -3.80. The lowest BCUT2D eigenvalue weighted by molar-refractivity contribution is 0.598. The molecule has 20 heavy (non-hydrogen) atoms. The topological polar surface area (TPSA) is 97.1 Å². The number of halogens is 1. The predicted octanol–water partition coefficient (Wildman–Crippen LogP) is 2.24. The smallest absolute Gasteiger partial charge is 0.281 e. The van der Waals surface area contributed by atoms with Gasteiger partial charge in [-0.15, -0.1) is 0 Å². The third-order valence-electron chi connectivity index (χ3n) is 2.59. The largest absolute Gasteiger partial charge is 0.321 e. The molecule has 0 aliphatic heterocycles. The van der Waals surface area contributed by atoms with E-state index in [1.165, 1.54) is 12.3 Å². The maximum atomic E-state index is 12.3. The molecule has 1 aromatic carbocycles. The van der Waals surface area contributed by atoms with Crippen LogP contribution in [0, 0.1) is 6.92 Å². The fourth-order valence-corrected chi connectivity index (χ4v) is 3.02. The molecule has 1 heterocycles. The van der Waals surface area contributed by atoms with Crippen molar-refractivity contribution in [2.45, 2.75) is 11.9 Å². The lowest BCUT2D eigenvalue weighted by atomic mass is 10.2. The number of sulfonamides is 1. The third-order valence-corrected chi connectivity index (χ3v) is 4.82. The number of rotatable bonds is 4. The molecule has 2 rings (SSSR count). The van der Waals surface area contributed by atoms with E-state index in [1.807, 2.05) is 6.92 Å². The van der Waals surface area contributed by atoms with Crippen molar-refractivity contribution >= 4 is 37.3 Å².